The van der Waals surface area contributed by atoms with E-state index in [-0.39, 0.29) is 30.9 Å². The Bertz CT molecular complexity index is 924. The number of carboxylic acids is 1. The molecule has 0 aromatic heterocycles. The van der Waals surface area contributed by atoms with Crippen LogP contribution < -0.4 is 27.4 Å². The van der Waals surface area contributed by atoms with Gasteiger partial charge in [0.1, 0.15) is 23.9 Å². The Morgan fingerprint density at radius 2 is 1.44 bits per heavy atom. The Morgan fingerprint density at radius 3 is 1.94 bits per heavy atom. The zero-order valence-corrected chi connectivity index (χ0v) is 20.3. The zero-order chi connectivity index (χ0) is 27.4. The smallest absolute Gasteiger partial charge is 0.326 e. The standard InChI is InChI=1S/C23H35N5O8/c1-3-12(2)19(25)22(34)26-15(8-9-18(24)31)20(32)28-17(11-29)21(33)27-16(23(35)36)10-13-4-6-14(30)7-5-13/h4-7,12,15-17,19,29-30H,3,8-11,25H2,1-2H3,(H2,24,31)(H,26,34)(H,27,33)(H,28,32)(H,35,36). The van der Waals surface area contributed by atoms with Gasteiger partial charge in [0.25, 0.3) is 0 Å². The second-order valence-corrected chi connectivity index (χ2v) is 8.49. The highest BCUT2D eigenvalue weighted by Crippen LogP contribution is 2.12. The number of rotatable bonds is 15. The maximum absolute atomic E-state index is 12.8. The zero-order valence-electron chi connectivity index (χ0n) is 20.3. The molecule has 200 valence electrons. The molecule has 5 atom stereocenters. The number of hydrogen-bond acceptors (Lipinski definition) is 8. The lowest BCUT2D eigenvalue weighted by molar-refractivity contribution is -0.142. The Kier molecular flexibility index (Phi) is 12.3. The molecule has 0 aliphatic carbocycles. The van der Waals surface area contributed by atoms with Gasteiger partial charge in [-0.2, -0.15) is 0 Å². The summed E-state index contributed by atoms with van der Waals surface area (Å²) in [7, 11) is 0. The minimum absolute atomic E-state index is 0.0131. The molecule has 13 nitrogen and oxygen atoms in total. The van der Waals surface area contributed by atoms with Crippen molar-refractivity contribution < 1.29 is 39.3 Å². The van der Waals surface area contributed by atoms with Gasteiger partial charge in [-0.25, -0.2) is 4.79 Å². The first-order chi connectivity index (χ1) is 16.9. The summed E-state index contributed by atoms with van der Waals surface area (Å²) >= 11 is 0. The van der Waals surface area contributed by atoms with E-state index in [4.69, 9.17) is 11.5 Å². The number of hydrogen-bond donors (Lipinski definition) is 8. The minimum atomic E-state index is -1.55. The molecule has 10 N–H and O–H groups in total. The van der Waals surface area contributed by atoms with Crippen molar-refractivity contribution in [2.45, 2.75) is 63.7 Å². The van der Waals surface area contributed by atoms with Crippen LogP contribution in [0.25, 0.3) is 0 Å². The average molecular weight is 510 g/mol. The van der Waals surface area contributed by atoms with Crippen LogP contribution in [0.15, 0.2) is 24.3 Å². The maximum atomic E-state index is 12.8. The molecule has 0 heterocycles. The molecular weight excluding hydrogens is 474 g/mol. The van der Waals surface area contributed by atoms with Crippen molar-refractivity contribution in [3.63, 3.8) is 0 Å². The number of carbonyl (C=O) groups is 5. The van der Waals surface area contributed by atoms with Crippen LogP contribution in [0.2, 0.25) is 0 Å². The predicted molar refractivity (Wildman–Crippen MR) is 128 cm³/mol. The van der Waals surface area contributed by atoms with Crippen LogP contribution in [0.3, 0.4) is 0 Å². The van der Waals surface area contributed by atoms with Crippen LogP contribution >= 0.6 is 0 Å². The summed E-state index contributed by atoms with van der Waals surface area (Å²) in [4.78, 5) is 60.8. The second-order valence-electron chi connectivity index (χ2n) is 8.49. The van der Waals surface area contributed by atoms with Crippen LogP contribution in [0.1, 0.15) is 38.7 Å². The largest absolute Gasteiger partial charge is 0.508 e. The van der Waals surface area contributed by atoms with Crippen LogP contribution in [-0.2, 0) is 30.4 Å². The fourth-order valence-corrected chi connectivity index (χ4v) is 3.14. The third kappa shape index (κ3) is 9.88. The number of nitrogens with one attached hydrogen (secondary N) is 3. The normalized spacial score (nSPS) is 15.0. The third-order valence-corrected chi connectivity index (χ3v) is 5.68. The minimum Gasteiger partial charge on any atom is -0.508 e. The van der Waals surface area contributed by atoms with E-state index < -0.39 is 60.4 Å². The monoisotopic (exact) mass is 509 g/mol. The van der Waals surface area contributed by atoms with Gasteiger partial charge >= 0.3 is 5.97 Å². The van der Waals surface area contributed by atoms with Gasteiger partial charge < -0.3 is 42.7 Å². The number of phenols is 1. The van der Waals surface area contributed by atoms with E-state index in [0.29, 0.717) is 12.0 Å². The van der Waals surface area contributed by atoms with Crippen LogP contribution in [0.4, 0.5) is 0 Å². The quantitative estimate of drug-likeness (QED) is 0.132. The van der Waals surface area contributed by atoms with Crippen molar-refractivity contribution in [1.29, 1.82) is 0 Å². The first-order valence-electron chi connectivity index (χ1n) is 11.5. The fourth-order valence-electron chi connectivity index (χ4n) is 3.14. The Morgan fingerprint density at radius 1 is 0.917 bits per heavy atom. The van der Waals surface area contributed by atoms with E-state index in [0.717, 1.165) is 0 Å². The molecule has 0 aliphatic heterocycles. The first-order valence-corrected chi connectivity index (χ1v) is 11.5. The highest BCUT2D eigenvalue weighted by molar-refractivity contribution is 5.94. The third-order valence-electron chi connectivity index (χ3n) is 5.68. The number of aliphatic hydroxyl groups is 1. The molecule has 4 amide bonds. The summed E-state index contributed by atoms with van der Waals surface area (Å²) in [6.07, 6.45) is 0.0474. The van der Waals surface area contributed by atoms with Gasteiger partial charge in [0.05, 0.1) is 12.6 Å². The van der Waals surface area contributed by atoms with Crippen molar-refractivity contribution in [2.75, 3.05) is 6.61 Å². The van der Waals surface area contributed by atoms with Crippen molar-refractivity contribution in [3.05, 3.63) is 29.8 Å². The van der Waals surface area contributed by atoms with E-state index in [1.165, 1.54) is 24.3 Å². The fraction of sp³-hybridized carbons (Fsp3) is 0.522. The lowest BCUT2D eigenvalue weighted by atomic mass is 9.98. The Hall–Kier alpha value is -3.71. The van der Waals surface area contributed by atoms with Gasteiger partial charge in [0.15, 0.2) is 0 Å². The van der Waals surface area contributed by atoms with Gasteiger partial charge in [-0.05, 0) is 30.0 Å². The average Bonchev–Trinajstić information content (AvgIpc) is 2.84. The van der Waals surface area contributed by atoms with Crippen LogP contribution in [0.5, 0.6) is 5.75 Å². The molecule has 0 saturated carbocycles. The van der Waals surface area contributed by atoms with Crippen molar-refractivity contribution >= 4 is 29.6 Å². The molecule has 0 fully saturated rings. The van der Waals surface area contributed by atoms with E-state index in [9.17, 15) is 39.3 Å². The molecule has 36 heavy (non-hydrogen) atoms. The highest BCUT2D eigenvalue weighted by atomic mass is 16.4. The van der Waals surface area contributed by atoms with Gasteiger partial charge in [-0.1, -0.05) is 32.4 Å². The summed E-state index contributed by atoms with van der Waals surface area (Å²) in [6, 6.07) is 0.544. The van der Waals surface area contributed by atoms with Gasteiger partial charge in [-0.15, -0.1) is 0 Å². The molecule has 0 spiro atoms. The molecule has 1 rings (SSSR count). The van der Waals surface area contributed by atoms with Crippen LogP contribution in [-0.4, -0.2) is 75.7 Å². The number of amides is 4. The van der Waals surface area contributed by atoms with Crippen molar-refractivity contribution in [1.82, 2.24) is 16.0 Å². The second kappa shape index (κ2) is 14.6. The number of carboxylic acid groups (broad SMARTS) is 1. The van der Waals surface area contributed by atoms with Crippen molar-refractivity contribution in [3.8, 4) is 5.75 Å². The predicted octanol–water partition coefficient (Wildman–Crippen LogP) is -1.90. The molecular formula is C23H35N5O8. The van der Waals surface area contributed by atoms with E-state index in [1.807, 2.05) is 6.92 Å². The first kappa shape index (κ1) is 30.3. The number of benzene rings is 1. The molecule has 1 aromatic carbocycles. The van der Waals surface area contributed by atoms with Crippen molar-refractivity contribution in [2.24, 2.45) is 17.4 Å². The summed E-state index contributed by atoms with van der Waals surface area (Å²) < 4.78 is 0. The summed E-state index contributed by atoms with van der Waals surface area (Å²) in [6.45, 7) is 2.73. The molecule has 5 unspecified atom stereocenters. The van der Waals surface area contributed by atoms with Gasteiger partial charge in [0.2, 0.25) is 23.6 Å². The highest BCUT2D eigenvalue weighted by Gasteiger charge is 2.31. The SMILES string of the molecule is CCC(C)C(N)C(=O)NC(CCC(N)=O)C(=O)NC(CO)C(=O)NC(Cc1ccc(O)cc1)C(=O)O. The van der Waals surface area contributed by atoms with Crippen LogP contribution in [0, 0.1) is 5.92 Å². The van der Waals surface area contributed by atoms with E-state index in [1.54, 1.807) is 6.92 Å². The topological polar surface area (TPSA) is 234 Å². The number of carbonyl (C=O) groups excluding carboxylic acids is 4. The number of phenolic OH excluding ortho intramolecular Hbond substituents is 1. The number of aromatic hydroxyl groups is 1. The summed E-state index contributed by atoms with van der Waals surface area (Å²) in [5, 5.41) is 35.5. The van der Waals surface area contributed by atoms with E-state index >= 15 is 0 Å². The molecule has 0 saturated heterocycles. The number of nitrogens with two attached hydrogens (primary N) is 2. The molecule has 0 bridgehead atoms. The molecule has 1 aromatic rings. The lowest BCUT2D eigenvalue weighted by Gasteiger charge is -2.25. The lowest BCUT2D eigenvalue weighted by Crippen LogP contribution is -2.58. The maximum Gasteiger partial charge on any atom is 0.326 e. The summed E-state index contributed by atoms with van der Waals surface area (Å²) in [5.74, 6) is -4.79. The van der Waals surface area contributed by atoms with E-state index in [2.05, 4.69) is 16.0 Å². The Labute approximate surface area is 208 Å². The number of primary amides is 1. The van der Waals surface area contributed by atoms with Gasteiger partial charge in [-0.3, -0.25) is 19.2 Å². The summed E-state index contributed by atoms with van der Waals surface area (Å²) in [5.41, 5.74) is 11.6. The molecule has 0 radical (unpaired) electrons. The molecule has 0 aliphatic rings. The van der Waals surface area contributed by atoms with Gasteiger partial charge in [0, 0.05) is 12.8 Å². The number of aliphatic hydroxyl groups excluding tert-OH is 1. The molecule has 13 heteroatoms. The number of aliphatic carboxylic acids is 1. The Balaban J connectivity index is 2.92.